The third-order valence-electron chi connectivity index (χ3n) is 3.33. The molecule has 0 bridgehead atoms. The number of ether oxygens (including phenoxy) is 1. The summed E-state index contributed by atoms with van der Waals surface area (Å²) in [6.07, 6.45) is -3.66. The van der Waals surface area contributed by atoms with Crippen molar-refractivity contribution in [3.63, 3.8) is 0 Å². The van der Waals surface area contributed by atoms with Crippen LogP contribution in [-0.4, -0.2) is 12.7 Å². The highest BCUT2D eigenvalue weighted by molar-refractivity contribution is 5.29. The maximum absolute atomic E-state index is 13.6. The van der Waals surface area contributed by atoms with Gasteiger partial charge in [-0.1, -0.05) is 0 Å². The highest BCUT2D eigenvalue weighted by Gasteiger charge is 2.31. The average molecular weight is 293 g/mol. The molecule has 0 radical (unpaired) electrons. The maximum Gasteiger partial charge on any atom is 0.416 e. The molecule has 0 amide bonds. The van der Waals surface area contributed by atoms with Gasteiger partial charge >= 0.3 is 6.18 Å². The number of halogens is 4. The SMILES string of the molecule is COC(C)(C)CCC(N)c1cc(C(F)(F)F)ccc1F. The molecule has 2 N–H and O–H groups in total. The monoisotopic (exact) mass is 293 g/mol. The Bertz CT molecular complexity index is 457. The van der Waals surface area contributed by atoms with Crippen molar-refractivity contribution in [2.75, 3.05) is 7.11 Å². The molecule has 114 valence electrons. The fourth-order valence-corrected chi connectivity index (χ4v) is 1.76. The van der Waals surface area contributed by atoms with Crippen molar-refractivity contribution in [2.24, 2.45) is 5.73 Å². The first-order chi connectivity index (χ1) is 9.07. The Kier molecular flexibility index (Phi) is 5.15. The average Bonchev–Trinajstić information content (AvgIpc) is 2.35. The quantitative estimate of drug-likeness (QED) is 0.831. The third kappa shape index (κ3) is 4.45. The summed E-state index contributed by atoms with van der Waals surface area (Å²) in [5.74, 6) is -0.722. The third-order valence-corrected chi connectivity index (χ3v) is 3.33. The summed E-state index contributed by atoms with van der Waals surface area (Å²) >= 11 is 0. The Labute approximate surface area is 115 Å². The second-order valence-corrected chi connectivity index (χ2v) is 5.34. The molecule has 0 aliphatic rings. The van der Waals surface area contributed by atoms with Crippen LogP contribution in [0.25, 0.3) is 0 Å². The fourth-order valence-electron chi connectivity index (χ4n) is 1.76. The van der Waals surface area contributed by atoms with Gasteiger partial charge in [0.2, 0.25) is 0 Å². The zero-order valence-electron chi connectivity index (χ0n) is 11.7. The van der Waals surface area contributed by atoms with E-state index >= 15 is 0 Å². The minimum atomic E-state index is -4.51. The number of benzene rings is 1. The Morgan fingerprint density at radius 3 is 2.35 bits per heavy atom. The van der Waals surface area contributed by atoms with E-state index in [0.717, 1.165) is 12.1 Å². The van der Waals surface area contributed by atoms with Crippen LogP contribution in [0.2, 0.25) is 0 Å². The lowest BCUT2D eigenvalue weighted by Crippen LogP contribution is -2.25. The van der Waals surface area contributed by atoms with E-state index < -0.39 is 29.2 Å². The smallest absolute Gasteiger partial charge is 0.379 e. The van der Waals surface area contributed by atoms with Gasteiger partial charge < -0.3 is 10.5 Å². The first kappa shape index (κ1) is 16.9. The molecule has 0 aliphatic heterocycles. The highest BCUT2D eigenvalue weighted by Crippen LogP contribution is 2.32. The first-order valence-electron chi connectivity index (χ1n) is 6.24. The molecule has 0 fully saturated rings. The summed E-state index contributed by atoms with van der Waals surface area (Å²) in [5, 5.41) is 0. The molecule has 1 aromatic carbocycles. The molecule has 0 saturated heterocycles. The summed E-state index contributed by atoms with van der Waals surface area (Å²) in [7, 11) is 1.54. The van der Waals surface area contributed by atoms with Crippen LogP contribution in [-0.2, 0) is 10.9 Å². The van der Waals surface area contributed by atoms with Crippen molar-refractivity contribution >= 4 is 0 Å². The second-order valence-electron chi connectivity index (χ2n) is 5.34. The molecule has 1 atom stereocenters. The van der Waals surface area contributed by atoms with E-state index in [1.807, 2.05) is 13.8 Å². The van der Waals surface area contributed by atoms with Gasteiger partial charge in [0.15, 0.2) is 0 Å². The van der Waals surface area contributed by atoms with E-state index in [4.69, 9.17) is 10.5 Å². The molecule has 0 aromatic heterocycles. The molecule has 0 spiro atoms. The molecular weight excluding hydrogens is 274 g/mol. The van der Waals surface area contributed by atoms with E-state index in [-0.39, 0.29) is 5.56 Å². The van der Waals surface area contributed by atoms with E-state index in [1.54, 1.807) is 0 Å². The summed E-state index contributed by atoms with van der Waals surface area (Å²) in [4.78, 5) is 0. The molecule has 0 aliphatic carbocycles. The van der Waals surface area contributed by atoms with Crippen LogP contribution >= 0.6 is 0 Å². The molecular formula is C14H19F4NO. The van der Waals surface area contributed by atoms with Gasteiger partial charge in [-0.3, -0.25) is 0 Å². The summed E-state index contributed by atoms with van der Waals surface area (Å²) in [5.41, 5.74) is 4.35. The number of hydrogen-bond acceptors (Lipinski definition) is 2. The summed E-state index contributed by atoms with van der Waals surface area (Å²) in [6, 6.07) is 1.50. The Balaban J connectivity index is 2.90. The van der Waals surface area contributed by atoms with Gasteiger partial charge in [-0.15, -0.1) is 0 Å². The van der Waals surface area contributed by atoms with E-state index in [2.05, 4.69) is 0 Å². The topological polar surface area (TPSA) is 35.2 Å². The predicted octanol–water partition coefficient (Wildman–Crippen LogP) is 4.05. The van der Waals surface area contributed by atoms with E-state index in [9.17, 15) is 17.6 Å². The van der Waals surface area contributed by atoms with Gasteiger partial charge in [0.25, 0.3) is 0 Å². The lowest BCUT2D eigenvalue weighted by molar-refractivity contribution is -0.137. The van der Waals surface area contributed by atoms with Crippen LogP contribution < -0.4 is 5.73 Å². The molecule has 20 heavy (non-hydrogen) atoms. The van der Waals surface area contributed by atoms with Gasteiger partial charge in [0.05, 0.1) is 11.2 Å². The predicted molar refractivity (Wildman–Crippen MR) is 68.7 cm³/mol. The van der Waals surface area contributed by atoms with Crippen molar-refractivity contribution in [3.8, 4) is 0 Å². The van der Waals surface area contributed by atoms with Crippen molar-refractivity contribution in [1.82, 2.24) is 0 Å². The molecule has 1 rings (SSSR count). The summed E-state index contributed by atoms with van der Waals surface area (Å²) in [6.45, 7) is 3.67. The van der Waals surface area contributed by atoms with Gasteiger partial charge in [-0.25, -0.2) is 4.39 Å². The maximum atomic E-state index is 13.6. The zero-order valence-corrected chi connectivity index (χ0v) is 11.7. The van der Waals surface area contributed by atoms with Crippen molar-refractivity contribution in [3.05, 3.63) is 35.1 Å². The normalized spacial score (nSPS) is 14.4. The van der Waals surface area contributed by atoms with Crippen LogP contribution in [0.1, 0.15) is 43.9 Å². The molecule has 1 aromatic rings. The van der Waals surface area contributed by atoms with Crippen molar-refractivity contribution in [2.45, 2.75) is 44.5 Å². The van der Waals surface area contributed by atoms with Crippen LogP contribution in [0.15, 0.2) is 18.2 Å². The second kappa shape index (κ2) is 6.10. The molecule has 0 saturated carbocycles. The fraction of sp³-hybridized carbons (Fsp3) is 0.571. The lowest BCUT2D eigenvalue weighted by Gasteiger charge is -2.25. The first-order valence-corrected chi connectivity index (χ1v) is 6.24. The minimum absolute atomic E-state index is 0.119. The standard InChI is InChI=1S/C14H19F4NO/c1-13(2,20-3)7-6-12(19)10-8-9(14(16,17)18)4-5-11(10)15/h4-5,8,12H,6-7,19H2,1-3H3. The molecule has 2 nitrogen and oxygen atoms in total. The van der Waals surface area contributed by atoms with Gasteiger partial charge in [-0.2, -0.15) is 13.2 Å². The Hall–Kier alpha value is -1.14. The van der Waals surface area contributed by atoms with Crippen LogP contribution in [0.5, 0.6) is 0 Å². The lowest BCUT2D eigenvalue weighted by atomic mass is 9.94. The van der Waals surface area contributed by atoms with Crippen LogP contribution in [0.4, 0.5) is 17.6 Å². The number of hydrogen-bond donors (Lipinski definition) is 1. The van der Waals surface area contributed by atoms with E-state index in [0.29, 0.717) is 18.9 Å². The van der Waals surface area contributed by atoms with Gasteiger partial charge in [0.1, 0.15) is 5.82 Å². The van der Waals surface area contributed by atoms with Gasteiger partial charge in [-0.05, 0) is 44.9 Å². The number of alkyl halides is 3. The Morgan fingerprint density at radius 1 is 1.25 bits per heavy atom. The molecule has 1 unspecified atom stereocenters. The van der Waals surface area contributed by atoms with Crippen molar-refractivity contribution < 1.29 is 22.3 Å². The molecule has 6 heteroatoms. The van der Waals surface area contributed by atoms with Crippen molar-refractivity contribution in [1.29, 1.82) is 0 Å². The zero-order chi connectivity index (χ0) is 15.6. The van der Waals surface area contributed by atoms with Crippen LogP contribution in [0, 0.1) is 5.82 Å². The molecule has 0 heterocycles. The number of rotatable bonds is 5. The summed E-state index contributed by atoms with van der Waals surface area (Å²) < 4.78 is 56.7. The van der Waals surface area contributed by atoms with Gasteiger partial charge in [0, 0.05) is 18.7 Å². The van der Waals surface area contributed by atoms with E-state index in [1.165, 1.54) is 7.11 Å². The highest BCUT2D eigenvalue weighted by atomic mass is 19.4. The Morgan fingerprint density at radius 2 is 1.85 bits per heavy atom. The largest absolute Gasteiger partial charge is 0.416 e. The van der Waals surface area contributed by atoms with Crippen LogP contribution in [0.3, 0.4) is 0 Å². The minimum Gasteiger partial charge on any atom is -0.379 e. The number of methoxy groups -OCH3 is 1. The number of nitrogens with two attached hydrogens (primary N) is 1.